The molecule has 2 unspecified atom stereocenters. The largest absolute Gasteiger partial charge is 0.389 e. The van der Waals surface area contributed by atoms with E-state index in [9.17, 15) is 5.11 Å². The highest BCUT2D eigenvalue weighted by Crippen LogP contribution is 2.38. The third-order valence-electron chi connectivity index (χ3n) is 4.59. The molecular weight excluding hydrogens is 266 g/mol. The van der Waals surface area contributed by atoms with Crippen LogP contribution in [0.15, 0.2) is 30.3 Å². The van der Waals surface area contributed by atoms with E-state index in [4.69, 9.17) is 9.47 Å². The second kappa shape index (κ2) is 6.88. The van der Waals surface area contributed by atoms with Crippen LogP contribution >= 0.6 is 0 Å². The molecular formula is C17H25NO3. The first-order chi connectivity index (χ1) is 10.3. The van der Waals surface area contributed by atoms with Crippen LogP contribution in [0.5, 0.6) is 0 Å². The Morgan fingerprint density at radius 2 is 2.14 bits per heavy atom. The van der Waals surface area contributed by atoms with Gasteiger partial charge in [-0.1, -0.05) is 30.3 Å². The number of aliphatic hydroxyl groups excluding tert-OH is 1. The highest BCUT2D eigenvalue weighted by Gasteiger charge is 2.41. The minimum atomic E-state index is -0.411. The number of ether oxygens (including phenoxy) is 2. The molecule has 2 fully saturated rings. The molecule has 1 N–H and O–H groups in total. The Morgan fingerprint density at radius 3 is 2.90 bits per heavy atom. The molecule has 2 heterocycles. The van der Waals surface area contributed by atoms with Gasteiger partial charge in [0.1, 0.15) is 0 Å². The third kappa shape index (κ3) is 4.04. The van der Waals surface area contributed by atoms with E-state index in [1.807, 2.05) is 30.3 Å². The van der Waals surface area contributed by atoms with Gasteiger partial charge in [-0.05, 0) is 24.9 Å². The van der Waals surface area contributed by atoms with Crippen molar-refractivity contribution < 1.29 is 14.6 Å². The third-order valence-corrected chi connectivity index (χ3v) is 4.59. The lowest BCUT2D eigenvalue weighted by Gasteiger charge is -2.23. The second-order valence-electron chi connectivity index (χ2n) is 6.44. The zero-order valence-corrected chi connectivity index (χ0v) is 12.5. The van der Waals surface area contributed by atoms with Crippen LogP contribution in [-0.2, 0) is 16.1 Å². The monoisotopic (exact) mass is 291 g/mol. The van der Waals surface area contributed by atoms with E-state index in [1.54, 1.807) is 0 Å². The van der Waals surface area contributed by atoms with Crippen molar-refractivity contribution in [2.24, 2.45) is 5.41 Å². The maximum atomic E-state index is 10.1. The predicted octanol–water partition coefficient (Wildman–Crippen LogP) is 1.68. The van der Waals surface area contributed by atoms with Crippen LogP contribution in [-0.4, -0.2) is 55.6 Å². The highest BCUT2D eigenvalue weighted by atomic mass is 16.5. The van der Waals surface area contributed by atoms with Crippen molar-refractivity contribution in [1.29, 1.82) is 0 Å². The molecule has 0 amide bonds. The lowest BCUT2D eigenvalue weighted by atomic mass is 9.87. The molecule has 2 aliphatic heterocycles. The number of β-amino-alcohol motifs (C(OH)–C–C–N with tert-alkyl or cyclic N) is 1. The summed E-state index contributed by atoms with van der Waals surface area (Å²) in [5.74, 6) is 0. The summed E-state index contributed by atoms with van der Waals surface area (Å²) in [6.07, 6.45) is 1.96. The fourth-order valence-electron chi connectivity index (χ4n) is 3.39. The zero-order valence-electron chi connectivity index (χ0n) is 12.5. The smallest absolute Gasteiger partial charge is 0.0900 e. The lowest BCUT2D eigenvalue weighted by molar-refractivity contribution is 0.0116. The number of likely N-dealkylation sites (tertiary alicyclic amines) is 1. The average Bonchev–Trinajstić information content (AvgIpc) is 3.11. The first-order valence-electron chi connectivity index (χ1n) is 7.86. The summed E-state index contributed by atoms with van der Waals surface area (Å²) in [7, 11) is 0. The van der Waals surface area contributed by atoms with Crippen LogP contribution in [0.25, 0.3) is 0 Å². The number of nitrogens with zero attached hydrogens (tertiary/aromatic N) is 1. The minimum Gasteiger partial charge on any atom is -0.389 e. The molecule has 21 heavy (non-hydrogen) atoms. The van der Waals surface area contributed by atoms with Crippen LogP contribution in [0.4, 0.5) is 0 Å². The predicted molar refractivity (Wildman–Crippen MR) is 81.0 cm³/mol. The fraction of sp³-hybridized carbons (Fsp3) is 0.647. The molecule has 2 aliphatic rings. The fourth-order valence-corrected chi connectivity index (χ4v) is 3.39. The second-order valence-corrected chi connectivity index (χ2v) is 6.44. The van der Waals surface area contributed by atoms with Crippen molar-refractivity contribution in [2.75, 3.05) is 39.5 Å². The van der Waals surface area contributed by atoms with E-state index < -0.39 is 6.10 Å². The van der Waals surface area contributed by atoms with Crippen molar-refractivity contribution in [3.8, 4) is 0 Å². The van der Waals surface area contributed by atoms with E-state index in [1.165, 1.54) is 12.8 Å². The topological polar surface area (TPSA) is 41.9 Å². The summed E-state index contributed by atoms with van der Waals surface area (Å²) in [6.45, 7) is 5.59. The quantitative estimate of drug-likeness (QED) is 0.866. The Bertz CT molecular complexity index is 431. The molecule has 0 bridgehead atoms. The molecule has 2 saturated heterocycles. The molecule has 0 aromatic heterocycles. The van der Waals surface area contributed by atoms with Gasteiger partial charge in [-0.15, -0.1) is 0 Å². The summed E-state index contributed by atoms with van der Waals surface area (Å²) in [5, 5.41) is 10.1. The van der Waals surface area contributed by atoms with E-state index >= 15 is 0 Å². The van der Waals surface area contributed by atoms with Crippen molar-refractivity contribution in [3.63, 3.8) is 0 Å². The van der Waals surface area contributed by atoms with Crippen molar-refractivity contribution in [3.05, 3.63) is 35.9 Å². The maximum absolute atomic E-state index is 10.1. The number of aliphatic hydroxyl groups is 1. The molecule has 0 saturated carbocycles. The summed E-state index contributed by atoms with van der Waals surface area (Å²) in [6, 6.07) is 10.1. The Hall–Kier alpha value is -0.940. The highest BCUT2D eigenvalue weighted by molar-refractivity contribution is 5.13. The van der Waals surface area contributed by atoms with Crippen molar-refractivity contribution in [2.45, 2.75) is 25.6 Å². The van der Waals surface area contributed by atoms with Gasteiger partial charge in [0.2, 0.25) is 0 Å². The van der Waals surface area contributed by atoms with Gasteiger partial charge in [0.05, 0.1) is 25.9 Å². The van der Waals surface area contributed by atoms with Gasteiger partial charge >= 0.3 is 0 Å². The van der Waals surface area contributed by atoms with Gasteiger partial charge in [-0.2, -0.15) is 0 Å². The Kier molecular flexibility index (Phi) is 4.91. The van der Waals surface area contributed by atoms with Crippen LogP contribution in [0.3, 0.4) is 0 Å². The number of hydrogen-bond donors (Lipinski definition) is 1. The normalized spacial score (nSPS) is 27.5. The first-order valence-corrected chi connectivity index (χ1v) is 7.86. The Balaban J connectivity index is 1.36. The van der Waals surface area contributed by atoms with E-state index in [2.05, 4.69) is 4.90 Å². The maximum Gasteiger partial charge on any atom is 0.0900 e. The molecule has 4 heteroatoms. The summed E-state index contributed by atoms with van der Waals surface area (Å²) in [5.41, 5.74) is 1.51. The molecule has 1 spiro atoms. The number of benzene rings is 1. The lowest BCUT2D eigenvalue weighted by Crippen LogP contribution is -2.35. The molecule has 0 aliphatic carbocycles. The molecule has 3 rings (SSSR count). The van der Waals surface area contributed by atoms with Gasteiger partial charge in [0.15, 0.2) is 0 Å². The Labute approximate surface area is 126 Å². The summed E-state index contributed by atoms with van der Waals surface area (Å²) >= 11 is 0. The molecule has 0 radical (unpaired) electrons. The number of rotatable bonds is 6. The van der Waals surface area contributed by atoms with Crippen LogP contribution < -0.4 is 0 Å². The standard InChI is InChI=1S/C17H25NO3/c19-16(12-21-11-15-4-2-1-3-5-15)10-18-8-6-17(13-18)7-9-20-14-17/h1-5,16,19H,6-14H2. The zero-order chi connectivity index (χ0) is 14.5. The van der Waals surface area contributed by atoms with E-state index in [0.717, 1.165) is 31.9 Å². The van der Waals surface area contributed by atoms with Crippen LogP contribution in [0, 0.1) is 5.41 Å². The summed E-state index contributed by atoms with van der Waals surface area (Å²) < 4.78 is 11.1. The average molecular weight is 291 g/mol. The Morgan fingerprint density at radius 1 is 1.29 bits per heavy atom. The van der Waals surface area contributed by atoms with Gasteiger partial charge in [-0.3, -0.25) is 0 Å². The molecule has 1 aromatic rings. The minimum absolute atomic E-state index is 0.366. The van der Waals surface area contributed by atoms with Gasteiger partial charge in [0.25, 0.3) is 0 Å². The van der Waals surface area contributed by atoms with E-state index in [-0.39, 0.29) is 0 Å². The van der Waals surface area contributed by atoms with Crippen LogP contribution in [0.2, 0.25) is 0 Å². The van der Waals surface area contributed by atoms with Crippen LogP contribution in [0.1, 0.15) is 18.4 Å². The molecule has 2 atom stereocenters. The molecule has 1 aromatic carbocycles. The number of hydrogen-bond acceptors (Lipinski definition) is 4. The van der Waals surface area contributed by atoms with Gasteiger partial charge < -0.3 is 19.5 Å². The van der Waals surface area contributed by atoms with Gasteiger partial charge in [0, 0.05) is 25.1 Å². The molecule has 4 nitrogen and oxygen atoms in total. The van der Waals surface area contributed by atoms with Crippen molar-refractivity contribution in [1.82, 2.24) is 4.90 Å². The first kappa shape index (κ1) is 15.0. The van der Waals surface area contributed by atoms with E-state index in [0.29, 0.717) is 25.2 Å². The SMILES string of the molecule is OC(COCc1ccccc1)CN1CCC2(CCOC2)C1. The van der Waals surface area contributed by atoms with Crippen molar-refractivity contribution >= 4 is 0 Å². The van der Waals surface area contributed by atoms with Gasteiger partial charge in [-0.25, -0.2) is 0 Å². The summed E-state index contributed by atoms with van der Waals surface area (Å²) in [4.78, 5) is 2.35. The molecule has 116 valence electrons.